The van der Waals surface area contributed by atoms with E-state index < -0.39 is 91.5 Å². The zero-order valence-corrected chi connectivity index (χ0v) is 82.2. The molecule has 4 N–H and O–H groups in total. The van der Waals surface area contributed by atoms with Gasteiger partial charge in [-0.1, -0.05) is 434 Å². The van der Waals surface area contributed by atoms with Crippen molar-refractivity contribution in [3.63, 3.8) is 0 Å². The fraction of sp³-hybridized carbons (Fsp3) is 0.679. The lowest BCUT2D eigenvalue weighted by Crippen LogP contribution is -2.30. The van der Waals surface area contributed by atoms with Crippen LogP contribution >= 0.6 is 15.6 Å². The van der Waals surface area contributed by atoms with Gasteiger partial charge in [0.15, 0.2) is 6.10 Å². The average molecular weight is 1810 g/mol. The molecule has 0 saturated heterocycles. The van der Waals surface area contributed by atoms with E-state index in [1.54, 1.807) is 0 Å². The van der Waals surface area contributed by atoms with Crippen LogP contribution in [0.3, 0.4) is 0 Å². The molecule has 0 amide bonds. The van der Waals surface area contributed by atoms with Crippen molar-refractivity contribution >= 4 is 33.6 Å². The van der Waals surface area contributed by atoms with E-state index in [1.165, 1.54) is 186 Å². The summed E-state index contributed by atoms with van der Waals surface area (Å²) < 4.78 is 61.7. The van der Waals surface area contributed by atoms with Crippen LogP contribution in [0.15, 0.2) is 194 Å². The normalized spacial score (nSPS) is 14.5. The Labute approximate surface area is 776 Å². The smallest absolute Gasteiger partial charge is 0.463 e. The van der Waals surface area contributed by atoms with Crippen LogP contribution in [0.5, 0.6) is 0 Å². The first-order valence-corrected chi connectivity index (χ1v) is 53.7. The molecule has 0 aliphatic rings. The number of unbranched alkanes of at least 4 members (excludes halogenated alkanes) is 40. The Balaban J connectivity index is 4.58. The van der Waals surface area contributed by atoms with Crippen LogP contribution in [-0.2, 0) is 55.8 Å². The summed E-state index contributed by atoms with van der Waals surface area (Å²) in [6.45, 7) is 2.40. The first kappa shape index (κ1) is 121. The summed E-state index contributed by atoms with van der Waals surface area (Å²) in [4.78, 5) is 59.2. The fourth-order valence-corrected chi connectivity index (χ4v) is 15.3. The second-order valence-corrected chi connectivity index (χ2v) is 36.4. The predicted molar refractivity (Wildman–Crippen MR) is 537 cm³/mol. The van der Waals surface area contributed by atoms with Crippen LogP contribution in [0, 0.1) is 0 Å². The first-order chi connectivity index (χ1) is 62.2. The van der Waals surface area contributed by atoms with E-state index >= 15 is 0 Å². The zero-order valence-electron chi connectivity index (χ0n) is 80.4. The standard InChI is InChI=1S/C109H184O16P2/c1-4-7-10-13-16-19-22-25-28-31-34-37-40-43-45-47-49-50-51-52-54-56-57-60-62-65-68-71-74-77-80-83-86-89-92-95-107(112)119-98-104(110)99-121-126(115,116)122-100-105(111)101-123-127(117,118)124-103-106(125-109(114)97-94-91-88-85-82-79-76-73-70-67-64-59-42-39-36-33-30-27-24-21-18-15-12-9-6-3)102-120-108(113)96-93-90-87-84-81-78-75-72-69-66-63-61-58-55-53-48-46-44-41-38-35-32-29-26-23-20-17-14-11-8-5-2/h7-12,16-21,25-30,34-39,43-46,49-50,59,64,104-106,110-111H,4-6,13-15,22-24,31-33,40-42,47-48,51-58,60-63,65-103H2,1-3H3,(H,115,116)(H,117,118)/b10-7-,11-8-,12-9-,19-16-,20-17-,21-18-,28-25-,29-26-,30-27-,37-34-,38-35-,39-36-,45-43-,46-44-,50-49-,64-59-. The predicted octanol–water partition coefficient (Wildman–Crippen LogP) is 32.1. The molecule has 0 aromatic rings. The van der Waals surface area contributed by atoms with Crippen molar-refractivity contribution in [1.82, 2.24) is 0 Å². The molecule has 0 aromatic heterocycles. The quantitative estimate of drug-likeness (QED) is 0.0146. The molecule has 0 saturated carbocycles. The summed E-state index contributed by atoms with van der Waals surface area (Å²) in [5, 5.41) is 20.8. The lowest BCUT2D eigenvalue weighted by molar-refractivity contribution is -0.161. The maximum atomic E-state index is 13.1. The number of hydrogen-bond acceptors (Lipinski definition) is 14. The van der Waals surface area contributed by atoms with Gasteiger partial charge in [-0.15, -0.1) is 0 Å². The van der Waals surface area contributed by atoms with Gasteiger partial charge in [-0.3, -0.25) is 32.5 Å². The Bertz CT molecular complexity index is 3090. The number of phosphoric ester groups is 2. The second kappa shape index (κ2) is 99.4. The summed E-state index contributed by atoms with van der Waals surface area (Å²) in [5.74, 6) is -1.57. The lowest BCUT2D eigenvalue weighted by atomic mass is 10.0. The van der Waals surface area contributed by atoms with E-state index in [2.05, 4.69) is 215 Å². The summed E-state index contributed by atoms with van der Waals surface area (Å²) >= 11 is 0. The molecular formula is C109H184O16P2. The minimum absolute atomic E-state index is 0.0930. The topological polar surface area (TPSA) is 231 Å². The van der Waals surface area contributed by atoms with Gasteiger partial charge in [0.2, 0.25) is 0 Å². The maximum absolute atomic E-state index is 13.1. The van der Waals surface area contributed by atoms with E-state index in [9.17, 15) is 43.5 Å². The number of ether oxygens (including phenoxy) is 3. The Morgan fingerprint density at radius 3 is 0.622 bits per heavy atom. The van der Waals surface area contributed by atoms with Crippen LogP contribution in [0.4, 0.5) is 0 Å². The van der Waals surface area contributed by atoms with E-state index in [1.807, 2.05) is 0 Å². The van der Waals surface area contributed by atoms with Gasteiger partial charge >= 0.3 is 33.6 Å². The molecule has 5 unspecified atom stereocenters. The highest BCUT2D eigenvalue weighted by molar-refractivity contribution is 7.47. The number of allylic oxidation sites excluding steroid dienone is 32. The third kappa shape index (κ3) is 101. The van der Waals surface area contributed by atoms with Crippen molar-refractivity contribution in [2.75, 3.05) is 39.6 Å². The molecule has 0 fully saturated rings. The fourth-order valence-electron chi connectivity index (χ4n) is 13.8. The van der Waals surface area contributed by atoms with E-state index in [-0.39, 0.29) is 19.3 Å². The summed E-state index contributed by atoms with van der Waals surface area (Å²) in [5.41, 5.74) is 0. The molecule has 127 heavy (non-hydrogen) atoms. The van der Waals surface area contributed by atoms with Crippen molar-refractivity contribution in [1.29, 1.82) is 0 Å². The molecule has 0 aliphatic carbocycles. The molecule has 0 rings (SSSR count). The van der Waals surface area contributed by atoms with Gasteiger partial charge in [0.25, 0.3) is 0 Å². The average Bonchev–Trinajstić information content (AvgIpc) is 0.899. The lowest BCUT2D eigenvalue weighted by Gasteiger charge is -2.21. The molecule has 0 aliphatic heterocycles. The van der Waals surface area contributed by atoms with Crippen LogP contribution in [0.25, 0.3) is 0 Å². The minimum Gasteiger partial charge on any atom is -0.463 e. The third-order valence-corrected chi connectivity index (χ3v) is 23.2. The first-order valence-electron chi connectivity index (χ1n) is 50.7. The van der Waals surface area contributed by atoms with Crippen molar-refractivity contribution in [3.8, 4) is 0 Å². The number of carbonyl (C=O) groups is 3. The molecule has 0 radical (unpaired) electrons. The van der Waals surface area contributed by atoms with Gasteiger partial charge in [-0.2, -0.15) is 0 Å². The van der Waals surface area contributed by atoms with Crippen LogP contribution in [0.1, 0.15) is 419 Å². The number of rotatable bonds is 95. The van der Waals surface area contributed by atoms with Gasteiger partial charge in [-0.25, -0.2) is 9.13 Å². The van der Waals surface area contributed by atoms with Crippen molar-refractivity contribution in [2.45, 2.75) is 437 Å². The highest BCUT2D eigenvalue weighted by Crippen LogP contribution is 2.45. The number of phosphoric acid groups is 2. The number of carbonyl (C=O) groups excluding carboxylic acids is 3. The van der Waals surface area contributed by atoms with E-state index in [0.29, 0.717) is 19.3 Å². The van der Waals surface area contributed by atoms with Gasteiger partial charge in [0, 0.05) is 19.3 Å². The van der Waals surface area contributed by atoms with Crippen LogP contribution < -0.4 is 0 Å². The Morgan fingerprint density at radius 1 is 0.220 bits per heavy atom. The second-order valence-electron chi connectivity index (χ2n) is 33.5. The number of aliphatic hydroxyl groups is 2. The minimum atomic E-state index is -4.95. The molecule has 16 nitrogen and oxygen atoms in total. The largest absolute Gasteiger partial charge is 0.472 e. The maximum Gasteiger partial charge on any atom is 0.472 e. The van der Waals surface area contributed by atoms with E-state index in [0.717, 1.165) is 173 Å². The van der Waals surface area contributed by atoms with Crippen molar-refractivity contribution in [2.24, 2.45) is 0 Å². The summed E-state index contributed by atoms with van der Waals surface area (Å²) in [7, 11) is -9.82. The molecule has 0 heterocycles. The van der Waals surface area contributed by atoms with Gasteiger partial charge in [0.1, 0.15) is 25.4 Å². The molecule has 0 spiro atoms. The zero-order chi connectivity index (χ0) is 92.1. The van der Waals surface area contributed by atoms with Crippen molar-refractivity contribution in [3.05, 3.63) is 194 Å². The molecule has 0 aromatic carbocycles. The monoisotopic (exact) mass is 1810 g/mol. The van der Waals surface area contributed by atoms with Gasteiger partial charge in [0.05, 0.1) is 26.4 Å². The summed E-state index contributed by atoms with van der Waals surface area (Å²) in [6.07, 6.45) is 133. The Kier molecular flexibility index (Phi) is 95.0. The van der Waals surface area contributed by atoms with Crippen LogP contribution in [0.2, 0.25) is 0 Å². The molecule has 5 atom stereocenters. The molecule has 726 valence electrons. The van der Waals surface area contributed by atoms with Gasteiger partial charge < -0.3 is 34.2 Å². The van der Waals surface area contributed by atoms with Crippen molar-refractivity contribution < 1.29 is 75.8 Å². The molecular weight excluding hydrogens is 1630 g/mol. The Morgan fingerprint density at radius 2 is 0.394 bits per heavy atom. The Hall–Kier alpha value is -5.61. The number of aliphatic hydroxyl groups excluding tert-OH is 2. The highest BCUT2D eigenvalue weighted by Gasteiger charge is 2.30. The third-order valence-electron chi connectivity index (χ3n) is 21.3. The van der Waals surface area contributed by atoms with E-state index in [4.69, 9.17) is 32.3 Å². The number of esters is 3. The molecule has 0 bridgehead atoms. The SMILES string of the molecule is CC/C=C\C/C=C\C/C=C\C/C=C\C/C=C\C/C=C\CCCCCCCCCCCCCCCCCCC(=O)OCC(O)COP(=O)(O)OCC(O)COP(=O)(O)OCC(COC(=O)CCCCCCCCCCCCCCCCC/C=C\C/C=C\C/C=C\C/C=C\C/C=C\CC)OC(=O)CCCCCCCCCCC/C=C\C/C=C\C/C=C\C/C=C\C/C=C\CC. The van der Waals surface area contributed by atoms with Gasteiger partial charge in [-0.05, 0) is 161 Å². The number of hydrogen-bond donors (Lipinski definition) is 4. The summed E-state index contributed by atoms with van der Waals surface area (Å²) in [6, 6.07) is 0. The van der Waals surface area contributed by atoms with Crippen LogP contribution in [-0.4, -0.2) is 95.9 Å². The highest BCUT2D eigenvalue weighted by atomic mass is 31.2. The molecule has 18 heteroatoms.